The smallest absolute Gasteiger partial charge is 0.313 e. The highest BCUT2D eigenvalue weighted by atomic mass is 16.3. The highest BCUT2D eigenvalue weighted by molar-refractivity contribution is 6.39. The lowest BCUT2D eigenvalue weighted by Gasteiger charge is -2.38. The summed E-state index contributed by atoms with van der Waals surface area (Å²) in [6.45, 7) is 2.54. The maximum absolute atomic E-state index is 13.0. The first-order valence-electron chi connectivity index (χ1n) is 9.76. The zero-order chi connectivity index (χ0) is 21.3. The van der Waals surface area contributed by atoms with Crippen molar-refractivity contribution in [3.8, 4) is 0 Å². The van der Waals surface area contributed by atoms with Gasteiger partial charge in [0, 0.05) is 18.1 Å². The monoisotopic (exact) mass is 406 g/mol. The molecule has 3 aromatic rings. The predicted octanol–water partition coefficient (Wildman–Crippen LogP) is 2.87. The van der Waals surface area contributed by atoms with Gasteiger partial charge in [-0.15, -0.1) is 0 Å². The summed E-state index contributed by atoms with van der Waals surface area (Å²) < 4.78 is 5.50. The Bertz CT molecular complexity index is 1120. The summed E-state index contributed by atoms with van der Waals surface area (Å²) >= 11 is 0. The van der Waals surface area contributed by atoms with Gasteiger partial charge in [-0.05, 0) is 42.5 Å². The maximum atomic E-state index is 13.0. The van der Waals surface area contributed by atoms with E-state index < -0.39 is 17.7 Å². The topological polar surface area (TPSA) is 119 Å². The Hall–Kier alpha value is -3.68. The van der Waals surface area contributed by atoms with Gasteiger partial charge in [-0.25, -0.2) is 0 Å². The number of aromatic nitrogens is 1. The van der Waals surface area contributed by atoms with Gasteiger partial charge in [-0.2, -0.15) is 0 Å². The molecule has 3 heterocycles. The number of anilines is 1. The number of nitrogens with one attached hydrogen (secondary N) is 1. The van der Waals surface area contributed by atoms with Crippen LogP contribution in [0.4, 0.5) is 5.69 Å². The summed E-state index contributed by atoms with van der Waals surface area (Å²) in [5, 5.41) is 3.51. The van der Waals surface area contributed by atoms with E-state index in [1.165, 1.54) is 18.5 Å². The van der Waals surface area contributed by atoms with Crippen LogP contribution in [0.2, 0.25) is 0 Å². The van der Waals surface area contributed by atoms with Crippen LogP contribution in [-0.2, 0) is 9.59 Å². The average Bonchev–Trinajstić information content (AvgIpc) is 3.21. The molecule has 8 nitrogen and oxygen atoms in total. The lowest BCUT2D eigenvalue weighted by atomic mass is 9.89. The van der Waals surface area contributed by atoms with Crippen molar-refractivity contribution in [1.29, 1.82) is 0 Å². The molecule has 0 radical (unpaired) electrons. The van der Waals surface area contributed by atoms with Gasteiger partial charge in [0.2, 0.25) is 5.91 Å². The van der Waals surface area contributed by atoms with Crippen molar-refractivity contribution in [2.75, 3.05) is 11.9 Å². The number of amides is 3. The SMILES string of the molecule is C[C@H]1CC[C@H](c2ccc3ccoc3c2)N(C(=O)C(=O)Nc2cncc(C(N)=O)c2)C1. The number of rotatable bonds is 3. The third-order valence-electron chi connectivity index (χ3n) is 5.42. The minimum absolute atomic E-state index is 0.150. The van der Waals surface area contributed by atoms with Crippen LogP contribution in [0.1, 0.15) is 41.7 Å². The molecule has 1 fully saturated rings. The van der Waals surface area contributed by atoms with Crippen molar-refractivity contribution in [1.82, 2.24) is 9.88 Å². The molecule has 3 N–H and O–H groups in total. The number of carbonyl (C=O) groups is 3. The van der Waals surface area contributed by atoms with Gasteiger partial charge in [-0.1, -0.05) is 19.1 Å². The Balaban J connectivity index is 1.56. The summed E-state index contributed by atoms with van der Waals surface area (Å²) in [4.78, 5) is 42.5. The van der Waals surface area contributed by atoms with Gasteiger partial charge in [0.05, 0.1) is 29.8 Å². The minimum Gasteiger partial charge on any atom is -0.464 e. The number of nitrogens with zero attached hydrogens (tertiary/aromatic N) is 2. The largest absolute Gasteiger partial charge is 0.464 e. The van der Waals surface area contributed by atoms with E-state index in [4.69, 9.17) is 10.2 Å². The van der Waals surface area contributed by atoms with Crippen molar-refractivity contribution in [3.05, 3.63) is 60.1 Å². The third kappa shape index (κ3) is 3.89. The summed E-state index contributed by atoms with van der Waals surface area (Å²) in [6, 6.07) is 8.90. The Morgan fingerprint density at radius 3 is 2.80 bits per heavy atom. The van der Waals surface area contributed by atoms with E-state index >= 15 is 0 Å². The first-order chi connectivity index (χ1) is 14.4. The molecule has 0 saturated carbocycles. The molecule has 8 heteroatoms. The lowest BCUT2D eigenvalue weighted by molar-refractivity contribution is -0.146. The quantitative estimate of drug-likeness (QED) is 0.649. The van der Waals surface area contributed by atoms with Crippen LogP contribution in [0.25, 0.3) is 11.0 Å². The maximum Gasteiger partial charge on any atom is 0.313 e. The summed E-state index contributed by atoms with van der Waals surface area (Å²) in [6.07, 6.45) is 6.00. The first kappa shape index (κ1) is 19.6. The molecule has 0 spiro atoms. The van der Waals surface area contributed by atoms with Gasteiger partial charge in [0.1, 0.15) is 5.58 Å². The summed E-state index contributed by atoms with van der Waals surface area (Å²) in [5.74, 6) is -1.79. The molecular weight excluding hydrogens is 384 g/mol. The van der Waals surface area contributed by atoms with Gasteiger partial charge < -0.3 is 20.4 Å². The molecule has 2 atom stereocenters. The van der Waals surface area contributed by atoms with Gasteiger partial charge in [-0.3, -0.25) is 19.4 Å². The number of furan rings is 1. The number of fused-ring (bicyclic) bond motifs is 1. The van der Waals surface area contributed by atoms with Crippen LogP contribution in [0.5, 0.6) is 0 Å². The Morgan fingerprint density at radius 1 is 1.17 bits per heavy atom. The Morgan fingerprint density at radius 2 is 2.00 bits per heavy atom. The number of hydrogen-bond acceptors (Lipinski definition) is 5. The number of carbonyl (C=O) groups excluding carboxylic acids is 3. The first-order valence-corrected chi connectivity index (χ1v) is 9.76. The number of benzene rings is 1. The molecule has 1 aliphatic heterocycles. The predicted molar refractivity (Wildman–Crippen MR) is 110 cm³/mol. The molecular formula is C22H22N4O4. The Kier molecular flexibility index (Phi) is 5.22. The summed E-state index contributed by atoms with van der Waals surface area (Å²) in [7, 11) is 0. The van der Waals surface area contributed by atoms with Crippen LogP contribution in [0, 0.1) is 5.92 Å². The fourth-order valence-electron chi connectivity index (χ4n) is 3.86. The van der Waals surface area contributed by atoms with Gasteiger partial charge in [0.15, 0.2) is 0 Å². The zero-order valence-electron chi connectivity index (χ0n) is 16.5. The Labute approximate surface area is 173 Å². The molecule has 1 aliphatic rings. The van der Waals surface area contributed by atoms with Crippen LogP contribution >= 0.6 is 0 Å². The number of pyridine rings is 1. The number of hydrogen-bond donors (Lipinski definition) is 2. The van der Waals surface area contributed by atoms with Crippen LogP contribution in [0.15, 0.2) is 53.4 Å². The molecule has 1 saturated heterocycles. The number of piperidine rings is 1. The molecule has 0 unspecified atom stereocenters. The second-order valence-corrected chi connectivity index (χ2v) is 7.65. The molecule has 2 aromatic heterocycles. The second kappa shape index (κ2) is 7.98. The zero-order valence-corrected chi connectivity index (χ0v) is 16.5. The van der Waals surface area contributed by atoms with Gasteiger partial charge >= 0.3 is 11.8 Å². The normalized spacial score (nSPS) is 18.9. The number of nitrogens with two attached hydrogens (primary N) is 1. The van der Waals surface area contributed by atoms with Crippen molar-refractivity contribution in [3.63, 3.8) is 0 Å². The molecule has 30 heavy (non-hydrogen) atoms. The van der Waals surface area contributed by atoms with E-state index in [0.29, 0.717) is 6.54 Å². The molecule has 0 aliphatic carbocycles. The van der Waals surface area contributed by atoms with Gasteiger partial charge in [0.25, 0.3) is 0 Å². The fourth-order valence-corrected chi connectivity index (χ4v) is 3.86. The highest BCUT2D eigenvalue weighted by Crippen LogP contribution is 2.35. The molecule has 0 bridgehead atoms. The van der Waals surface area contributed by atoms with Crippen molar-refractivity contribution >= 4 is 34.4 Å². The van der Waals surface area contributed by atoms with E-state index in [1.807, 2.05) is 24.3 Å². The van der Waals surface area contributed by atoms with E-state index in [9.17, 15) is 14.4 Å². The van der Waals surface area contributed by atoms with E-state index in [2.05, 4.69) is 17.2 Å². The highest BCUT2D eigenvalue weighted by Gasteiger charge is 2.34. The second-order valence-electron chi connectivity index (χ2n) is 7.65. The molecule has 4 rings (SSSR count). The van der Waals surface area contributed by atoms with Crippen LogP contribution in [0.3, 0.4) is 0 Å². The fraction of sp³-hybridized carbons (Fsp3) is 0.273. The average molecular weight is 406 g/mol. The van der Waals surface area contributed by atoms with Crippen molar-refractivity contribution in [2.45, 2.75) is 25.8 Å². The van der Waals surface area contributed by atoms with Crippen LogP contribution < -0.4 is 11.1 Å². The lowest BCUT2D eigenvalue weighted by Crippen LogP contribution is -2.46. The number of primary amides is 1. The van der Waals surface area contributed by atoms with E-state index in [-0.39, 0.29) is 23.2 Å². The van der Waals surface area contributed by atoms with Crippen molar-refractivity contribution in [2.24, 2.45) is 11.7 Å². The van der Waals surface area contributed by atoms with Crippen molar-refractivity contribution < 1.29 is 18.8 Å². The summed E-state index contributed by atoms with van der Waals surface area (Å²) in [5.41, 5.74) is 7.31. The molecule has 154 valence electrons. The van der Waals surface area contributed by atoms with E-state index in [0.717, 1.165) is 29.4 Å². The minimum atomic E-state index is -0.781. The number of likely N-dealkylation sites (tertiary alicyclic amines) is 1. The molecule has 3 amide bonds. The van der Waals surface area contributed by atoms with E-state index in [1.54, 1.807) is 11.2 Å². The third-order valence-corrected chi connectivity index (χ3v) is 5.42. The van der Waals surface area contributed by atoms with Crippen LogP contribution in [-0.4, -0.2) is 34.2 Å². The standard InChI is InChI=1S/C22H22N4O4/c1-13-2-5-18(15-4-3-14-6-7-30-19(14)9-15)26(12-13)22(29)21(28)25-17-8-16(20(23)27)10-24-11-17/h3-4,6-11,13,18H,2,5,12H2,1H3,(H2,23,27)(H,25,28)/t13-,18+/m0/s1. The molecule has 1 aromatic carbocycles.